The van der Waals surface area contributed by atoms with E-state index in [9.17, 15) is 25.6 Å². The Morgan fingerprint density at radius 1 is 1.09 bits per heavy atom. The van der Waals surface area contributed by atoms with Crippen LogP contribution in [0.4, 0.5) is 28.4 Å². The Bertz CT molecular complexity index is 1040. The van der Waals surface area contributed by atoms with Gasteiger partial charge in [0.1, 0.15) is 5.71 Å². The lowest BCUT2D eigenvalue weighted by atomic mass is 10.0. The van der Waals surface area contributed by atoms with Crippen molar-refractivity contribution in [2.45, 2.75) is 6.04 Å². The summed E-state index contributed by atoms with van der Waals surface area (Å²) in [6.45, 7) is -0.0456. The predicted molar refractivity (Wildman–Crippen MR) is 110 cm³/mol. The van der Waals surface area contributed by atoms with E-state index >= 15 is 0 Å². The smallest absolute Gasteiger partial charge is 0.278 e. The van der Waals surface area contributed by atoms with Gasteiger partial charge in [0.05, 0.1) is 17.9 Å². The van der Waals surface area contributed by atoms with Gasteiger partial charge in [0.2, 0.25) is 6.04 Å². The molecule has 32 heavy (non-hydrogen) atoms. The van der Waals surface area contributed by atoms with Crippen LogP contribution in [-0.2, 0) is 4.79 Å². The average molecular weight is 448 g/mol. The molecule has 0 saturated heterocycles. The quantitative estimate of drug-likeness (QED) is 0.120. The Morgan fingerprint density at radius 2 is 1.72 bits per heavy atom. The summed E-state index contributed by atoms with van der Waals surface area (Å²) in [6, 6.07) is 7.71. The molecule has 1 aliphatic rings. The molecule has 0 saturated carbocycles. The molecule has 1 heterocycles. The van der Waals surface area contributed by atoms with E-state index in [0.717, 1.165) is 0 Å². The van der Waals surface area contributed by atoms with Gasteiger partial charge < -0.3 is 32.1 Å². The van der Waals surface area contributed by atoms with Crippen LogP contribution >= 0.6 is 0 Å². The summed E-state index contributed by atoms with van der Waals surface area (Å²) in [4.78, 5) is 16.9. The van der Waals surface area contributed by atoms with Crippen LogP contribution in [0, 0.1) is 15.6 Å². The van der Waals surface area contributed by atoms with Crippen LogP contribution in [0.2, 0.25) is 0 Å². The molecule has 2 aromatic carbocycles. The lowest BCUT2D eigenvalue weighted by molar-refractivity contribution is -1.05. The van der Waals surface area contributed by atoms with Gasteiger partial charge in [0, 0.05) is 30.0 Å². The molecule has 1 aliphatic heterocycles. The van der Waals surface area contributed by atoms with E-state index < -0.39 is 33.3 Å². The van der Waals surface area contributed by atoms with E-state index in [1.165, 1.54) is 42.5 Å². The molecule has 0 spiro atoms. The zero-order valence-electron chi connectivity index (χ0n) is 16.3. The van der Waals surface area contributed by atoms with Crippen molar-refractivity contribution in [2.24, 2.45) is 15.9 Å². The number of carbonyl (C=O) groups excluding carboxylic acids is 1. The first-order valence-electron chi connectivity index (χ1n) is 9.05. The maximum atomic E-state index is 12.7. The monoisotopic (exact) mass is 448 g/mol. The molecule has 3 rings (SSSR count). The van der Waals surface area contributed by atoms with Crippen molar-refractivity contribution in [3.8, 4) is 0 Å². The van der Waals surface area contributed by atoms with Crippen LogP contribution in [0.25, 0.3) is 0 Å². The molecule has 15 nitrogen and oxygen atoms in total. The van der Waals surface area contributed by atoms with Gasteiger partial charge in [-0.3, -0.25) is 4.79 Å². The number of hydroxylamine groups is 2. The number of benzene rings is 2. The van der Waals surface area contributed by atoms with Crippen LogP contribution in [0.3, 0.4) is 0 Å². The van der Waals surface area contributed by atoms with Crippen molar-refractivity contribution < 1.29 is 36.1 Å². The minimum atomic E-state index is -1.62. The number of hydrogen-bond donors (Lipinski definition) is 9. The molecule has 0 bridgehead atoms. The van der Waals surface area contributed by atoms with E-state index in [1.54, 1.807) is 0 Å². The maximum Gasteiger partial charge on any atom is 0.278 e. The number of aliphatic imine (C=N–C) groups is 1. The van der Waals surface area contributed by atoms with E-state index in [1.807, 2.05) is 0 Å². The first-order chi connectivity index (χ1) is 15.2. The highest BCUT2D eigenvalue weighted by Crippen LogP contribution is 2.30. The Hall–Kier alpha value is -3.51. The van der Waals surface area contributed by atoms with Crippen molar-refractivity contribution in [3.63, 3.8) is 0 Å². The molecule has 0 radical (unpaired) electrons. The minimum Gasteiger partial charge on any atom is -0.599 e. The topological polar surface area (TPSA) is 235 Å². The van der Waals surface area contributed by atoms with Gasteiger partial charge in [-0.25, -0.2) is 25.8 Å². The van der Waals surface area contributed by atoms with Gasteiger partial charge in [-0.05, 0) is 18.2 Å². The lowest BCUT2D eigenvalue weighted by Gasteiger charge is -2.28. The van der Waals surface area contributed by atoms with Crippen molar-refractivity contribution in [1.82, 2.24) is 0 Å². The highest BCUT2D eigenvalue weighted by atomic mass is 16.8. The Labute approximate surface area is 179 Å². The summed E-state index contributed by atoms with van der Waals surface area (Å²) in [5, 5.41) is 66.9. The van der Waals surface area contributed by atoms with Gasteiger partial charge in [0.15, 0.2) is 17.1 Å². The van der Waals surface area contributed by atoms with Crippen molar-refractivity contribution in [3.05, 3.63) is 58.1 Å². The third-order valence-corrected chi connectivity index (χ3v) is 4.58. The minimum absolute atomic E-state index is 0.00107. The van der Waals surface area contributed by atoms with E-state index in [2.05, 4.69) is 20.7 Å². The van der Waals surface area contributed by atoms with Crippen molar-refractivity contribution in [2.75, 3.05) is 17.2 Å². The molecule has 2 aromatic rings. The van der Waals surface area contributed by atoms with Gasteiger partial charge >= 0.3 is 0 Å². The van der Waals surface area contributed by atoms with Gasteiger partial charge in [-0.1, -0.05) is 0 Å². The van der Waals surface area contributed by atoms with Crippen LogP contribution < -0.4 is 32.2 Å². The molecule has 0 aliphatic carbocycles. The summed E-state index contributed by atoms with van der Waals surface area (Å²) in [7, 11) is 0. The number of nitrogens with zero attached hydrogens (tertiary/aromatic N) is 2. The number of hydrogen-bond acceptors (Lipinski definition) is 11. The summed E-state index contributed by atoms with van der Waals surface area (Å²) in [5.41, 5.74) is 0.297. The summed E-state index contributed by atoms with van der Waals surface area (Å²) < 4.78 is 0. The second-order valence-corrected chi connectivity index (χ2v) is 6.62. The number of hydrazone groups is 1. The summed E-state index contributed by atoms with van der Waals surface area (Å²) in [6.07, 6.45) is 0. The van der Waals surface area contributed by atoms with Crippen LogP contribution in [0.1, 0.15) is 0 Å². The van der Waals surface area contributed by atoms with Crippen LogP contribution in [0.15, 0.2) is 52.6 Å². The molecule has 15 heteroatoms. The van der Waals surface area contributed by atoms with Crippen molar-refractivity contribution in [1.29, 1.82) is 0 Å². The molecule has 4 atom stereocenters. The van der Waals surface area contributed by atoms with Gasteiger partial charge in [0.25, 0.3) is 5.91 Å². The molecule has 0 fully saturated rings. The Kier molecular flexibility index (Phi) is 7.05. The third-order valence-electron chi connectivity index (χ3n) is 4.58. The number of fused-ring (bicyclic) bond motifs is 1. The van der Waals surface area contributed by atoms with Crippen LogP contribution in [0.5, 0.6) is 0 Å². The summed E-state index contributed by atoms with van der Waals surface area (Å²) in [5.74, 6) is 4.41. The first-order valence-corrected chi connectivity index (χ1v) is 9.05. The largest absolute Gasteiger partial charge is 0.599 e. The molecule has 0 aromatic heterocycles. The zero-order valence-corrected chi connectivity index (χ0v) is 16.3. The Balaban J connectivity index is 1.87. The maximum absolute atomic E-state index is 12.7. The van der Waals surface area contributed by atoms with Crippen molar-refractivity contribution >= 4 is 45.8 Å². The number of anilines is 2. The normalized spacial score (nSPS) is 17.3. The highest BCUT2D eigenvalue weighted by Gasteiger charge is 2.35. The second-order valence-electron chi connectivity index (χ2n) is 6.62. The zero-order chi connectivity index (χ0) is 23.4. The number of nitrogens with two attached hydrogens (primary N) is 1. The number of carbonyl (C=O) groups is 1. The molecular formula is C17H20N8O7. The van der Waals surface area contributed by atoms with Gasteiger partial charge in [-0.2, -0.15) is 15.6 Å². The predicted octanol–water partition coefficient (Wildman–Crippen LogP) is -2.91. The second kappa shape index (κ2) is 9.75. The Morgan fingerprint density at radius 3 is 2.28 bits per heavy atom. The SMILES string of the molecule is N/N=C(/C(=O)Nc1ccc([NH+]([O-])O)cc1)C(C1=Nc2cc([NH+]([O-])O)ccc2NC1)[NH+]([O-])O. The summed E-state index contributed by atoms with van der Waals surface area (Å²) >= 11 is 0. The van der Waals surface area contributed by atoms with E-state index in [4.69, 9.17) is 16.3 Å². The number of nitrogens with one attached hydrogen (secondary N) is 5. The molecular weight excluding hydrogens is 428 g/mol. The number of rotatable bonds is 7. The van der Waals surface area contributed by atoms with E-state index in [-0.39, 0.29) is 35.0 Å². The van der Waals surface area contributed by atoms with Crippen LogP contribution in [-0.4, -0.2) is 45.5 Å². The van der Waals surface area contributed by atoms with E-state index in [0.29, 0.717) is 5.69 Å². The fourth-order valence-corrected chi connectivity index (χ4v) is 3.03. The number of quaternary nitrogens is 3. The molecule has 170 valence electrons. The lowest BCUT2D eigenvalue weighted by Crippen LogP contribution is -3.12. The standard InChI is InChI=1S/C17H20N8O7/c18-22-15(17(26)20-9-1-3-10(4-2-9)23(27)28)16(25(31)32)14-8-19-12-6-5-11(24(29)30)7-13(12)21-14/h1-7,16,19,23-25,27,29,31H,8,18H2,(H,20,26)/b22-15+. The third kappa shape index (κ3) is 5.03. The highest BCUT2D eigenvalue weighted by molar-refractivity contribution is 6.48. The molecule has 10 N–H and O–H groups in total. The fourth-order valence-electron chi connectivity index (χ4n) is 3.03. The molecule has 4 unspecified atom stereocenters. The first kappa shape index (κ1) is 23.2. The molecule has 1 amide bonds. The number of amides is 1. The fraction of sp³-hybridized carbons (Fsp3) is 0.118. The van der Waals surface area contributed by atoms with Gasteiger partial charge in [-0.15, -0.1) is 0 Å². The average Bonchev–Trinajstić information content (AvgIpc) is 2.76.